The van der Waals surface area contributed by atoms with Crippen molar-refractivity contribution in [3.63, 3.8) is 0 Å². The maximum atomic E-state index is 10.5. The highest BCUT2D eigenvalue weighted by molar-refractivity contribution is 5.69. The van der Waals surface area contributed by atoms with Gasteiger partial charge in [0.1, 0.15) is 17.1 Å². The average molecular weight is 398 g/mol. The van der Waals surface area contributed by atoms with E-state index in [2.05, 4.69) is 56.3 Å². The van der Waals surface area contributed by atoms with Crippen molar-refractivity contribution in [2.45, 2.75) is 38.8 Å². The second-order valence-corrected chi connectivity index (χ2v) is 8.23. The molecule has 0 radical (unpaired) electrons. The predicted molar refractivity (Wildman–Crippen MR) is 110 cm³/mol. The van der Waals surface area contributed by atoms with Gasteiger partial charge in [0.05, 0.1) is 12.4 Å². The Hall–Kier alpha value is -3.07. The van der Waals surface area contributed by atoms with Gasteiger partial charge in [-0.05, 0) is 33.3 Å². The minimum Gasteiger partial charge on any atom is -0.506 e. The van der Waals surface area contributed by atoms with Crippen LogP contribution >= 0.6 is 0 Å². The van der Waals surface area contributed by atoms with E-state index in [4.69, 9.17) is 4.11 Å². The van der Waals surface area contributed by atoms with Crippen molar-refractivity contribution in [3.8, 4) is 28.3 Å². The minimum absolute atomic E-state index is 0.0461. The molecule has 0 saturated carbocycles. The molecule has 1 atom stereocenters. The maximum absolute atomic E-state index is 10.5. The van der Waals surface area contributed by atoms with Crippen LogP contribution in [0.5, 0.6) is 5.75 Å². The number of hydrogen-bond acceptors (Lipinski definition) is 8. The van der Waals surface area contributed by atoms with E-state index >= 15 is 0 Å². The first-order valence-corrected chi connectivity index (χ1v) is 9.47. The monoisotopic (exact) mass is 397 g/mol. The van der Waals surface area contributed by atoms with Gasteiger partial charge in [-0.3, -0.25) is 4.68 Å². The zero-order valence-corrected chi connectivity index (χ0v) is 16.7. The van der Waals surface area contributed by atoms with Crippen LogP contribution in [0.1, 0.15) is 31.3 Å². The van der Waals surface area contributed by atoms with E-state index < -0.39 is 6.98 Å². The smallest absolute Gasteiger partial charge is 0.245 e. The molecular formula is C20H26N8O. The molecule has 1 unspecified atom stereocenters. The number of nitrogens with one attached hydrogen (secondary N) is 1. The molecule has 4 rings (SSSR count). The first-order valence-electron chi connectivity index (χ1n) is 11.0. The van der Waals surface area contributed by atoms with E-state index in [0.29, 0.717) is 28.8 Å². The Balaban J connectivity index is 1.48. The largest absolute Gasteiger partial charge is 0.506 e. The van der Waals surface area contributed by atoms with Crippen molar-refractivity contribution in [3.05, 3.63) is 30.9 Å². The number of pyridine rings is 1. The summed E-state index contributed by atoms with van der Waals surface area (Å²) in [6, 6.07) is 1.85. The molecule has 152 valence electrons. The summed E-state index contributed by atoms with van der Waals surface area (Å²) in [5, 5.41) is 26.4. The standard InChI is InChI=1S/C20H26N8O/c1-20(2,3)24-15-5-6-28(12-15)19-22-10-16(25-26-19)18-17(29)7-13(8-21-18)14-9-23-27(4)11-14/h7-11,15,24,29H,5-6,12H2,1-4H3/i4D3. The van der Waals surface area contributed by atoms with E-state index in [0.717, 1.165) is 24.2 Å². The minimum atomic E-state index is -2.37. The van der Waals surface area contributed by atoms with Crippen molar-refractivity contribution < 1.29 is 9.22 Å². The summed E-state index contributed by atoms with van der Waals surface area (Å²) in [5.41, 5.74) is 1.71. The van der Waals surface area contributed by atoms with Crippen LogP contribution in [0.25, 0.3) is 22.5 Å². The molecule has 2 N–H and O–H groups in total. The third-order valence-electron chi connectivity index (χ3n) is 4.68. The second kappa shape index (κ2) is 7.40. The van der Waals surface area contributed by atoms with Gasteiger partial charge in [-0.2, -0.15) is 5.10 Å². The van der Waals surface area contributed by atoms with Crippen molar-refractivity contribution in [1.82, 2.24) is 35.3 Å². The van der Waals surface area contributed by atoms with Crippen LogP contribution in [0.4, 0.5) is 5.95 Å². The molecule has 1 aliphatic rings. The van der Waals surface area contributed by atoms with E-state index in [1.54, 1.807) is 6.20 Å². The van der Waals surface area contributed by atoms with Crippen LogP contribution in [0.2, 0.25) is 0 Å². The molecule has 0 spiro atoms. The molecule has 0 aliphatic carbocycles. The Morgan fingerprint density at radius 2 is 2.03 bits per heavy atom. The zero-order valence-electron chi connectivity index (χ0n) is 19.7. The van der Waals surface area contributed by atoms with Gasteiger partial charge in [-0.15, -0.1) is 10.2 Å². The molecule has 1 saturated heterocycles. The SMILES string of the molecule is [2H]C([2H])([2H])n1cc(-c2cnc(-c3cnc(N4CCC(NC(C)(C)C)C4)nn3)c(O)c2)cn1. The number of rotatable bonds is 4. The lowest BCUT2D eigenvalue weighted by Gasteiger charge is -2.25. The molecule has 29 heavy (non-hydrogen) atoms. The molecule has 3 aromatic rings. The number of aryl methyl sites for hydroxylation is 1. The summed E-state index contributed by atoms with van der Waals surface area (Å²) < 4.78 is 23.1. The molecule has 1 fully saturated rings. The number of hydrogen-bond donors (Lipinski definition) is 2. The van der Waals surface area contributed by atoms with Crippen molar-refractivity contribution >= 4 is 5.95 Å². The Morgan fingerprint density at radius 1 is 1.17 bits per heavy atom. The van der Waals surface area contributed by atoms with E-state index in [1.807, 2.05) is 0 Å². The van der Waals surface area contributed by atoms with Gasteiger partial charge in [-0.1, -0.05) is 0 Å². The van der Waals surface area contributed by atoms with Crippen molar-refractivity contribution in [2.75, 3.05) is 18.0 Å². The van der Waals surface area contributed by atoms with Gasteiger partial charge in [0, 0.05) is 59.3 Å². The van der Waals surface area contributed by atoms with E-state index in [9.17, 15) is 5.11 Å². The highest BCUT2D eigenvalue weighted by Gasteiger charge is 2.27. The lowest BCUT2D eigenvalue weighted by Crippen LogP contribution is -2.45. The molecule has 9 heteroatoms. The van der Waals surface area contributed by atoms with Crippen LogP contribution in [0, 0.1) is 0 Å². The molecule has 0 aromatic carbocycles. The average Bonchev–Trinajstić information content (AvgIpc) is 3.36. The first kappa shape index (κ1) is 15.8. The summed E-state index contributed by atoms with van der Waals surface area (Å²) in [4.78, 5) is 10.8. The van der Waals surface area contributed by atoms with Crippen molar-refractivity contribution in [2.24, 2.45) is 6.98 Å². The molecule has 0 bridgehead atoms. The van der Waals surface area contributed by atoms with E-state index in [-0.39, 0.29) is 17.0 Å². The van der Waals surface area contributed by atoms with E-state index in [1.165, 1.54) is 24.7 Å². The van der Waals surface area contributed by atoms with Gasteiger partial charge in [0.15, 0.2) is 0 Å². The highest BCUT2D eigenvalue weighted by atomic mass is 16.3. The summed E-state index contributed by atoms with van der Waals surface area (Å²) in [6.45, 7) is 5.72. The molecular weight excluding hydrogens is 368 g/mol. The third kappa shape index (κ3) is 4.34. The summed E-state index contributed by atoms with van der Waals surface area (Å²) in [5.74, 6) is 0.434. The lowest BCUT2D eigenvalue weighted by atomic mass is 10.1. The number of anilines is 1. The molecule has 9 nitrogen and oxygen atoms in total. The molecule has 4 heterocycles. The zero-order chi connectivity index (χ0) is 23.1. The molecule has 1 aliphatic heterocycles. The van der Waals surface area contributed by atoms with Gasteiger partial charge in [-0.25, -0.2) is 9.97 Å². The Morgan fingerprint density at radius 3 is 2.69 bits per heavy atom. The van der Waals surface area contributed by atoms with Crippen LogP contribution in [-0.4, -0.2) is 59.7 Å². The highest BCUT2D eigenvalue weighted by Crippen LogP contribution is 2.30. The Labute approximate surface area is 174 Å². The van der Waals surface area contributed by atoms with Gasteiger partial charge in [0.2, 0.25) is 5.95 Å². The van der Waals surface area contributed by atoms with Crippen LogP contribution in [-0.2, 0) is 6.98 Å². The fraction of sp³-hybridized carbons (Fsp3) is 0.450. The maximum Gasteiger partial charge on any atom is 0.245 e. The van der Waals surface area contributed by atoms with Crippen LogP contribution in [0.3, 0.4) is 0 Å². The number of nitrogens with zero attached hydrogens (tertiary/aromatic N) is 7. The summed E-state index contributed by atoms with van der Waals surface area (Å²) >= 11 is 0. The quantitative estimate of drug-likeness (QED) is 0.689. The predicted octanol–water partition coefficient (Wildman–Crippen LogP) is 2.01. The van der Waals surface area contributed by atoms with Crippen LogP contribution < -0.4 is 10.2 Å². The first-order chi connectivity index (χ1) is 15.0. The van der Waals surface area contributed by atoms with Gasteiger partial charge >= 0.3 is 0 Å². The summed E-state index contributed by atoms with van der Waals surface area (Å²) in [7, 11) is 0. The van der Waals surface area contributed by atoms with Gasteiger partial charge in [0.25, 0.3) is 0 Å². The molecule has 0 amide bonds. The number of aromatic nitrogens is 6. The molecule has 3 aromatic heterocycles. The Kier molecular flexibility index (Phi) is 4.03. The second-order valence-electron chi connectivity index (χ2n) is 8.23. The van der Waals surface area contributed by atoms with Gasteiger partial charge < -0.3 is 15.3 Å². The third-order valence-corrected chi connectivity index (χ3v) is 4.68. The topological polar surface area (TPSA) is 105 Å². The number of aromatic hydroxyl groups is 1. The van der Waals surface area contributed by atoms with Crippen molar-refractivity contribution in [1.29, 1.82) is 0 Å². The van der Waals surface area contributed by atoms with Crippen LogP contribution in [0.15, 0.2) is 30.9 Å². The Bertz CT molecular complexity index is 1090. The lowest BCUT2D eigenvalue weighted by molar-refractivity contribution is 0.373. The summed E-state index contributed by atoms with van der Waals surface area (Å²) in [6.07, 6.45) is 6.87. The fourth-order valence-corrected chi connectivity index (χ4v) is 3.47. The fourth-order valence-electron chi connectivity index (χ4n) is 3.47. The normalized spacial score (nSPS) is 19.1.